The normalized spacial score (nSPS) is 14.8. The largest absolute Gasteiger partial charge is 0.352 e. The summed E-state index contributed by atoms with van der Waals surface area (Å²) in [5, 5.41) is 0. The van der Waals surface area contributed by atoms with Crippen LogP contribution >= 0.6 is 0 Å². The van der Waals surface area contributed by atoms with E-state index >= 15 is 0 Å². The van der Waals surface area contributed by atoms with E-state index in [1.54, 1.807) is 26.4 Å². The lowest BCUT2D eigenvalue weighted by Gasteiger charge is -2.12. The Morgan fingerprint density at radius 3 is 2.24 bits per heavy atom. The summed E-state index contributed by atoms with van der Waals surface area (Å²) in [5.74, 6) is 0. The highest BCUT2D eigenvalue weighted by atomic mass is 32.2. The molecule has 0 spiro atoms. The predicted molar refractivity (Wildman–Crippen MR) is 84.4 cm³/mol. The molecule has 0 rings (SSSR count). The van der Waals surface area contributed by atoms with Gasteiger partial charge in [-0.25, -0.2) is 0 Å². The quantitative estimate of drug-likeness (QED) is 0.372. The van der Waals surface area contributed by atoms with E-state index in [1.165, 1.54) is 0 Å². The van der Waals surface area contributed by atoms with Gasteiger partial charge in [0.1, 0.15) is 0 Å². The van der Waals surface area contributed by atoms with Crippen molar-refractivity contribution < 1.29 is 22.1 Å². The van der Waals surface area contributed by atoms with Gasteiger partial charge in [0.05, 0.1) is 12.9 Å². The van der Waals surface area contributed by atoms with Crippen LogP contribution in [0.4, 0.5) is 0 Å². The molecule has 0 aliphatic rings. The summed E-state index contributed by atoms with van der Waals surface area (Å²) in [6.45, 7) is 3.89. The minimum Gasteiger partial charge on any atom is -0.352 e. The minimum absolute atomic E-state index is 0.0364. The Hall–Kier alpha value is -1.21. The molecule has 0 aromatic rings. The zero-order chi connectivity index (χ0) is 16.3. The standard InChI is InChI=1S/C15H24O5S/c1-13(9-6-7-12-20-21(5,16)17)10-8-11-14(2)15(18-3)19-4/h6-11,15H,12H2,1-5H3. The van der Waals surface area contributed by atoms with Crippen molar-refractivity contribution in [2.45, 2.75) is 20.1 Å². The van der Waals surface area contributed by atoms with Crippen LogP contribution in [-0.4, -0.2) is 41.8 Å². The number of allylic oxidation sites excluding steroid dienone is 6. The summed E-state index contributed by atoms with van der Waals surface area (Å²) >= 11 is 0. The molecule has 0 radical (unpaired) electrons. The van der Waals surface area contributed by atoms with Crippen LogP contribution < -0.4 is 0 Å². The summed E-state index contributed by atoms with van der Waals surface area (Å²) in [6.07, 6.45) is 11.6. The van der Waals surface area contributed by atoms with E-state index in [1.807, 2.05) is 38.2 Å². The topological polar surface area (TPSA) is 61.8 Å². The highest BCUT2D eigenvalue weighted by Crippen LogP contribution is 2.06. The SMILES string of the molecule is COC(OC)C(C)=CC=CC(C)=CC=CCOS(C)(=O)=O. The zero-order valence-corrected chi connectivity index (χ0v) is 14.0. The van der Waals surface area contributed by atoms with Crippen LogP contribution in [0.1, 0.15) is 13.8 Å². The molecular formula is C15H24O5S. The average molecular weight is 316 g/mol. The van der Waals surface area contributed by atoms with Gasteiger partial charge < -0.3 is 9.47 Å². The monoisotopic (exact) mass is 316 g/mol. The van der Waals surface area contributed by atoms with E-state index < -0.39 is 10.1 Å². The number of rotatable bonds is 9. The van der Waals surface area contributed by atoms with E-state index in [9.17, 15) is 8.42 Å². The van der Waals surface area contributed by atoms with Crippen LogP contribution in [0.5, 0.6) is 0 Å². The molecule has 120 valence electrons. The highest BCUT2D eigenvalue weighted by molar-refractivity contribution is 7.85. The third kappa shape index (κ3) is 11.2. The Kier molecular flexibility index (Phi) is 9.90. The van der Waals surface area contributed by atoms with Gasteiger partial charge in [-0.3, -0.25) is 4.18 Å². The molecule has 0 fully saturated rings. The van der Waals surface area contributed by atoms with Crippen LogP contribution in [0.25, 0.3) is 0 Å². The summed E-state index contributed by atoms with van der Waals surface area (Å²) in [5.41, 5.74) is 1.97. The molecule has 0 N–H and O–H groups in total. The van der Waals surface area contributed by atoms with E-state index in [2.05, 4.69) is 4.18 Å². The van der Waals surface area contributed by atoms with Gasteiger partial charge in [0, 0.05) is 14.2 Å². The van der Waals surface area contributed by atoms with E-state index in [0.29, 0.717) is 0 Å². The molecule has 0 bridgehead atoms. The van der Waals surface area contributed by atoms with Gasteiger partial charge in [0.15, 0.2) is 6.29 Å². The molecule has 0 saturated carbocycles. The molecule has 6 heteroatoms. The number of hydrogen-bond acceptors (Lipinski definition) is 5. The Morgan fingerprint density at radius 2 is 1.71 bits per heavy atom. The Morgan fingerprint density at radius 1 is 1.10 bits per heavy atom. The Labute approximate surface area is 127 Å². The average Bonchev–Trinajstić information content (AvgIpc) is 2.38. The van der Waals surface area contributed by atoms with Crippen molar-refractivity contribution in [3.8, 4) is 0 Å². The maximum atomic E-state index is 10.7. The predicted octanol–water partition coefficient (Wildman–Crippen LogP) is 2.59. The lowest BCUT2D eigenvalue weighted by molar-refractivity contribution is -0.0746. The van der Waals surface area contributed by atoms with Crippen molar-refractivity contribution in [2.75, 3.05) is 27.1 Å². The molecule has 0 heterocycles. The third-order valence-corrected chi connectivity index (χ3v) is 2.96. The fourth-order valence-corrected chi connectivity index (χ4v) is 1.72. The van der Waals surface area contributed by atoms with Crippen LogP contribution in [0.15, 0.2) is 47.6 Å². The van der Waals surface area contributed by atoms with Crippen molar-refractivity contribution in [2.24, 2.45) is 0 Å². The van der Waals surface area contributed by atoms with Crippen LogP contribution in [-0.2, 0) is 23.8 Å². The third-order valence-electron chi connectivity index (χ3n) is 2.39. The van der Waals surface area contributed by atoms with Crippen molar-refractivity contribution in [3.63, 3.8) is 0 Å². The summed E-state index contributed by atoms with van der Waals surface area (Å²) < 4.78 is 36.3. The molecule has 0 saturated heterocycles. The molecule has 0 amide bonds. The van der Waals surface area contributed by atoms with Crippen LogP contribution in [0.3, 0.4) is 0 Å². The van der Waals surface area contributed by atoms with Gasteiger partial charge in [-0.1, -0.05) is 42.0 Å². The van der Waals surface area contributed by atoms with Gasteiger partial charge in [-0.15, -0.1) is 0 Å². The number of methoxy groups -OCH3 is 2. The first-order chi connectivity index (χ1) is 9.80. The van der Waals surface area contributed by atoms with Crippen molar-refractivity contribution >= 4 is 10.1 Å². The second-order valence-corrected chi connectivity index (χ2v) is 6.04. The van der Waals surface area contributed by atoms with Crippen LogP contribution in [0, 0.1) is 0 Å². The van der Waals surface area contributed by atoms with E-state index in [4.69, 9.17) is 9.47 Å². The summed E-state index contributed by atoms with van der Waals surface area (Å²) in [4.78, 5) is 0. The maximum Gasteiger partial charge on any atom is 0.264 e. The molecule has 0 aromatic carbocycles. The molecule has 0 aliphatic carbocycles. The fraction of sp³-hybridized carbons (Fsp3) is 0.467. The summed E-state index contributed by atoms with van der Waals surface area (Å²) in [6, 6.07) is 0. The van der Waals surface area contributed by atoms with Crippen molar-refractivity contribution in [1.82, 2.24) is 0 Å². The molecule has 0 atom stereocenters. The molecule has 21 heavy (non-hydrogen) atoms. The second kappa shape index (κ2) is 10.5. The molecule has 0 aromatic heterocycles. The van der Waals surface area contributed by atoms with Crippen LogP contribution in [0.2, 0.25) is 0 Å². The first kappa shape index (κ1) is 19.8. The van der Waals surface area contributed by atoms with Gasteiger partial charge in [0.2, 0.25) is 0 Å². The van der Waals surface area contributed by atoms with Crippen molar-refractivity contribution in [3.05, 3.63) is 47.6 Å². The van der Waals surface area contributed by atoms with Gasteiger partial charge in [0.25, 0.3) is 10.1 Å². The second-order valence-electron chi connectivity index (χ2n) is 4.40. The number of ether oxygens (including phenoxy) is 2. The minimum atomic E-state index is -3.38. The van der Waals surface area contributed by atoms with E-state index in [0.717, 1.165) is 17.4 Å². The molecule has 0 unspecified atom stereocenters. The van der Waals surface area contributed by atoms with Gasteiger partial charge in [-0.05, 0) is 19.4 Å². The zero-order valence-electron chi connectivity index (χ0n) is 13.2. The lowest BCUT2D eigenvalue weighted by atomic mass is 10.2. The Balaban J connectivity index is 4.38. The molecule has 5 nitrogen and oxygen atoms in total. The first-order valence-electron chi connectivity index (χ1n) is 6.38. The van der Waals surface area contributed by atoms with Gasteiger partial charge >= 0.3 is 0 Å². The maximum absolute atomic E-state index is 10.7. The fourth-order valence-electron chi connectivity index (χ4n) is 1.39. The molecular weight excluding hydrogens is 292 g/mol. The number of hydrogen-bond donors (Lipinski definition) is 0. The van der Waals surface area contributed by atoms with Gasteiger partial charge in [-0.2, -0.15) is 8.42 Å². The first-order valence-corrected chi connectivity index (χ1v) is 8.20. The summed E-state index contributed by atoms with van der Waals surface area (Å²) in [7, 11) is -0.205. The highest BCUT2D eigenvalue weighted by Gasteiger charge is 2.05. The Bertz CT molecular complexity index is 508. The van der Waals surface area contributed by atoms with Crippen molar-refractivity contribution in [1.29, 1.82) is 0 Å². The van der Waals surface area contributed by atoms with E-state index in [-0.39, 0.29) is 12.9 Å². The smallest absolute Gasteiger partial charge is 0.264 e. The lowest BCUT2D eigenvalue weighted by Crippen LogP contribution is -2.13. The molecule has 0 aliphatic heterocycles.